The summed E-state index contributed by atoms with van der Waals surface area (Å²) in [6.45, 7) is 6.46. The number of ether oxygens (including phenoxy) is 1. The minimum absolute atomic E-state index is 0.0150. The van der Waals surface area contributed by atoms with Gasteiger partial charge in [-0.3, -0.25) is 4.79 Å². The van der Waals surface area contributed by atoms with Gasteiger partial charge in [-0.1, -0.05) is 0 Å². The van der Waals surface area contributed by atoms with Crippen molar-refractivity contribution in [1.82, 2.24) is 10.2 Å². The van der Waals surface area contributed by atoms with Crippen molar-refractivity contribution in [2.75, 3.05) is 26.2 Å². The van der Waals surface area contributed by atoms with E-state index in [1.165, 1.54) is 0 Å². The average Bonchev–Trinajstić information content (AvgIpc) is 2.37. The number of amides is 1. The fraction of sp³-hybridized carbons (Fsp3) is 0.846. The van der Waals surface area contributed by atoms with E-state index in [0.29, 0.717) is 13.0 Å². The molecule has 1 rings (SSSR count). The second-order valence-electron chi connectivity index (χ2n) is 4.85. The number of hydrogen-bond donors (Lipinski definition) is 1. The average molecular weight is 253 g/mol. The van der Waals surface area contributed by atoms with Crippen LogP contribution < -0.4 is 5.32 Å². The molecule has 1 aliphatic rings. The quantitative estimate of drug-likeness (QED) is 0.764. The summed E-state index contributed by atoms with van der Waals surface area (Å²) in [5.74, 6) is -0.0150. The number of hydrogen-bond acceptors (Lipinski definition) is 4. The van der Waals surface area contributed by atoms with Crippen molar-refractivity contribution in [3.8, 4) is 6.07 Å². The van der Waals surface area contributed by atoms with Crippen LogP contribution in [0.4, 0.5) is 0 Å². The van der Waals surface area contributed by atoms with E-state index < -0.39 is 0 Å². The highest BCUT2D eigenvalue weighted by Gasteiger charge is 2.19. The molecule has 5 heteroatoms. The highest BCUT2D eigenvalue weighted by molar-refractivity contribution is 5.77. The summed E-state index contributed by atoms with van der Waals surface area (Å²) in [5, 5.41) is 11.8. The van der Waals surface area contributed by atoms with Crippen LogP contribution in [0.25, 0.3) is 0 Å². The molecule has 0 atom stereocenters. The van der Waals surface area contributed by atoms with Crippen LogP contribution in [0.2, 0.25) is 0 Å². The molecule has 1 amide bonds. The molecule has 0 spiro atoms. The summed E-state index contributed by atoms with van der Waals surface area (Å²) in [7, 11) is 0. The lowest BCUT2D eigenvalue weighted by atomic mass is 10.1. The number of nitrogens with zero attached hydrogens (tertiary/aromatic N) is 2. The zero-order valence-electron chi connectivity index (χ0n) is 11.3. The molecule has 5 nitrogen and oxygen atoms in total. The van der Waals surface area contributed by atoms with Crippen molar-refractivity contribution in [2.45, 2.75) is 45.3 Å². The molecule has 1 fully saturated rings. The van der Waals surface area contributed by atoms with Crippen LogP contribution in [0.3, 0.4) is 0 Å². The zero-order chi connectivity index (χ0) is 13.4. The summed E-state index contributed by atoms with van der Waals surface area (Å²) in [5.41, 5.74) is 0. The molecule has 0 aliphatic carbocycles. The Bertz CT molecular complexity index is 293. The zero-order valence-corrected chi connectivity index (χ0v) is 11.3. The number of piperidine rings is 1. The Kier molecular flexibility index (Phi) is 6.69. The van der Waals surface area contributed by atoms with Gasteiger partial charge in [0.2, 0.25) is 5.91 Å². The lowest BCUT2D eigenvalue weighted by Gasteiger charge is -2.28. The lowest BCUT2D eigenvalue weighted by molar-refractivity contribution is -0.140. The van der Waals surface area contributed by atoms with Crippen LogP contribution in [-0.2, 0) is 9.53 Å². The number of nitriles is 1. The van der Waals surface area contributed by atoms with Gasteiger partial charge < -0.3 is 15.0 Å². The van der Waals surface area contributed by atoms with Crippen LogP contribution in [0.1, 0.15) is 33.1 Å². The van der Waals surface area contributed by atoms with E-state index in [2.05, 4.69) is 11.4 Å². The predicted molar refractivity (Wildman–Crippen MR) is 68.9 cm³/mol. The SMILES string of the molecule is CC(C)N(CCC#N)C(=O)COC1CCNCC1. The summed E-state index contributed by atoms with van der Waals surface area (Å²) in [6, 6.07) is 2.18. The first-order chi connectivity index (χ1) is 8.65. The molecular weight excluding hydrogens is 230 g/mol. The molecule has 0 bridgehead atoms. The maximum atomic E-state index is 12.0. The molecular formula is C13H23N3O2. The van der Waals surface area contributed by atoms with Crippen LogP contribution in [-0.4, -0.2) is 49.2 Å². The fourth-order valence-corrected chi connectivity index (χ4v) is 2.08. The fourth-order valence-electron chi connectivity index (χ4n) is 2.08. The third-order valence-corrected chi connectivity index (χ3v) is 3.14. The summed E-state index contributed by atoms with van der Waals surface area (Å²) in [4.78, 5) is 13.7. The van der Waals surface area contributed by atoms with E-state index in [9.17, 15) is 4.79 Å². The van der Waals surface area contributed by atoms with Gasteiger partial charge in [-0.15, -0.1) is 0 Å². The van der Waals surface area contributed by atoms with E-state index in [0.717, 1.165) is 25.9 Å². The third kappa shape index (κ3) is 5.03. The van der Waals surface area contributed by atoms with E-state index >= 15 is 0 Å². The molecule has 0 aromatic rings. The van der Waals surface area contributed by atoms with Gasteiger partial charge in [0.25, 0.3) is 0 Å². The monoisotopic (exact) mass is 253 g/mol. The molecule has 0 unspecified atom stereocenters. The second-order valence-corrected chi connectivity index (χ2v) is 4.85. The molecule has 1 saturated heterocycles. The number of carbonyl (C=O) groups excluding carboxylic acids is 1. The van der Waals surface area contributed by atoms with Gasteiger partial charge in [0.05, 0.1) is 18.6 Å². The first kappa shape index (κ1) is 14.9. The van der Waals surface area contributed by atoms with Crippen molar-refractivity contribution in [3.05, 3.63) is 0 Å². The van der Waals surface area contributed by atoms with Crippen LogP contribution in [0.5, 0.6) is 0 Å². The minimum Gasteiger partial charge on any atom is -0.368 e. The van der Waals surface area contributed by atoms with Crippen LogP contribution in [0.15, 0.2) is 0 Å². The third-order valence-electron chi connectivity index (χ3n) is 3.14. The molecule has 18 heavy (non-hydrogen) atoms. The molecule has 0 radical (unpaired) electrons. The highest BCUT2D eigenvalue weighted by Crippen LogP contribution is 2.08. The van der Waals surface area contributed by atoms with Gasteiger partial charge in [-0.2, -0.15) is 5.26 Å². The lowest BCUT2D eigenvalue weighted by Crippen LogP contribution is -2.41. The summed E-state index contributed by atoms with van der Waals surface area (Å²) in [6.07, 6.45) is 2.50. The van der Waals surface area contributed by atoms with E-state index in [1.54, 1.807) is 4.90 Å². The van der Waals surface area contributed by atoms with Crippen molar-refractivity contribution in [1.29, 1.82) is 5.26 Å². The van der Waals surface area contributed by atoms with Crippen molar-refractivity contribution < 1.29 is 9.53 Å². The Balaban J connectivity index is 2.33. The smallest absolute Gasteiger partial charge is 0.248 e. The second kappa shape index (κ2) is 8.06. The highest BCUT2D eigenvalue weighted by atomic mass is 16.5. The van der Waals surface area contributed by atoms with Gasteiger partial charge in [0.1, 0.15) is 6.61 Å². The van der Waals surface area contributed by atoms with Crippen molar-refractivity contribution >= 4 is 5.91 Å². The standard InChI is InChI=1S/C13H23N3O2/c1-11(2)16(9-3-6-14)13(17)10-18-12-4-7-15-8-5-12/h11-12,15H,3-5,7-10H2,1-2H3. The molecule has 0 saturated carbocycles. The molecule has 1 N–H and O–H groups in total. The van der Waals surface area contributed by atoms with Crippen LogP contribution >= 0.6 is 0 Å². The van der Waals surface area contributed by atoms with E-state index in [4.69, 9.17) is 10.00 Å². The Morgan fingerprint density at radius 3 is 2.72 bits per heavy atom. The largest absolute Gasteiger partial charge is 0.368 e. The summed E-state index contributed by atoms with van der Waals surface area (Å²) >= 11 is 0. The van der Waals surface area contributed by atoms with Gasteiger partial charge >= 0.3 is 0 Å². The number of nitrogens with one attached hydrogen (secondary N) is 1. The molecule has 102 valence electrons. The topological polar surface area (TPSA) is 65.4 Å². The Morgan fingerprint density at radius 2 is 2.17 bits per heavy atom. The molecule has 0 aromatic carbocycles. The molecule has 1 heterocycles. The van der Waals surface area contributed by atoms with Crippen LogP contribution in [0, 0.1) is 11.3 Å². The van der Waals surface area contributed by atoms with Gasteiger partial charge in [-0.25, -0.2) is 0 Å². The number of rotatable bonds is 6. The normalized spacial score (nSPS) is 16.6. The molecule has 1 aliphatic heterocycles. The van der Waals surface area contributed by atoms with Gasteiger partial charge in [-0.05, 0) is 39.8 Å². The maximum Gasteiger partial charge on any atom is 0.248 e. The van der Waals surface area contributed by atoms with Gasteiger partial charge in [0.15, 0.2) is 0 Å². The van der Waals surface area contributed by atoms with E-state index in [1.807, 2.05) is 13.8 Å². The van der Waals surface area contributed by atoms with Crippen molar-refractivity contribution in [3.63, 3.8) is 0 Å². The summed E-state index contributed by atoms with van der Waals surface area (Å²) < 4.78 is 5.64. The Labute approximate surface area is 109 Å². The first-order valence-electron chi connectivity index (χ1n) is 6.64. The number of carbonyl (C=O) groups is 1. The maximum absolute atomic E-state index is 12.0. The first-order valence-corrected chi connectivity index (χ1v) is 6.64. The molecule has 0 aromatic heterocycles. The Hall–Kier alpha value is -1.12. The van der Waals surface area contributed by atoms with Crippen molar-refractivity contribution in [2.24, 2.45) is 0 Å². The minimum atomic E-state index is -0.0150. The van der Waals surface area contributed by atoms with Gasteiger partial charge in [0, 0.05) is 12.6 Å². The Morgan fingerprint density at radius 1 is 1.50 bits per heavy atom. The predicted octanol–water partition coefficient (Wildman–Crippen LogP) is 0.906. The van der Waals surface area contributed by atoms with E-state index in [-0.39, 0.29) is 24.7 Å².